The van der Waals surface area contributed by atoms with Crippen molar-refractivity contribution in [2.24, 2.45) is 11.1 Å². The fraction of sp³-hybridized carbons (Fsp3) is 0.273. The van der Waals surface area contributed by atoms with Gasteiger partial charge in [0.15, 0.2) is 0 Å². The Morgan fingerprint density at radius 3 is 2.26 bits per heavy atom. The second-order valence-corrected chi connectivity index (χ2v) is 5.67. The number of anilines is 1. The molecule has 0 spiro atoms. The zero-order valence-corrected chi connectivity index (χ0v) is 11.0. The van der Waals surface area contributed by atoms with Crippen molar-refractivity contribution in [3.8, 4) is 0 Å². The van der Waals surface area contributed by atoms with E-state index in [1.807, 2.05) is 0 Å². The van der Waals surface area contributed by atoms with Gasteiger partial charge in [0.25, 0.3) is 0 Å². The molecule has 1 atom stereocenters. The largest absolute Gasteiger partial charge is 0.481 e. The summed E-state index contributed by atoms with van der Waals surface area (Å²) in [5, 5.41) is 16.0. The highest BCUT2D eigenvalue weighted by Crippen LogP contribution is 2.12. The number of amides is 1. The van der Waals surface area contributed by atoms with E-state index in [4.69, 9.17) is 10.2 Å². The lowest BCUT2D eigenvalue weighted by atomic mass is 10.1. The molecule has 104 valence electrons. The van der Waals surface area contributed by atoms with Gasteiger partial charge in [0.2, 0.25) is 15.9 Å². The normalized spacial score (nSPS) is 12.7. The van der Waals surface area contributed by atoms with E-state index in [1.54, 1.807) is 0 Å². The summed E-state index contributed by atoms with van der Waals surface area (Å²) in [4.78, 5) is 22.1. The first-order valence-electron chi connectivity index (χ1n) is 5.32. The zero-order chi connectivity index (χ0) is 14.6. The van der Waals surface area contributed by atoms with Crippen LogP contribution in [0, 0.1) is 5.92 Å². The van der Waals surface area contributed by atoms with Gasteiger partial charge in [-0.2, -0.15) is 0 Å². The first-order chi connectivity index (χ1) is 8.69. The highest BCUT2D eigenvalue weighted by molar-refractivity contribution is 7.88. The summed E-state index contributed by atoms with van der Waals surface area (Å²) in [6, 6.07) is 5.94. The van der Waals surface area contributed by atoms with E-state index >= 15 is 0 Å². The number of primary sulfonamides is 1. The van der Waals surface area contributed by atoms with Gasteiger partial charge in [-0.3, -0.25) is 9.59 Å². The molecule has 0 aromatic heterocycles. The van der Waals surface area contributed by atoms with Gasteiger partial charge < -0.3 is 10.4 Å². The second kappa shape index (κ2) is 5.81. The van der Waals surface area contributed by atoms with Crippen LogP contribution in [-0.4, -0.2) is 25.4 Å². The Morgan fingerprint density at radius 1 is 1.32 bits per heavy atom. The van der Waals surface area contributed by atoms with Crippen molar-refractivity contribution in [1.82, 2.24) is 0 Å². The van der Waals surface area contributed by atoms with Crippen LogP contribution in [0.3, 0.4) is 0 Å². The van der Waals surface area contributed by atoms with Crippen LogP contribution in [0.25, 0.3) is 0 Å². The quantitative estimate of drug-likeness (QED) is 0.663. The summed E-state index contributed by atoms with van der Waals surface area (Å²) < 4.78 is 21.7. The number of hydrogen-bond donors (Lipinski definition) is 3. The summed E-state index contributed by atoms with van der Waals surface area (Å²) in [5.41, 5.74) is 0.864. The zero-order valence-electron chi connectivity index (χ0n) is 10.2. The van der Waals surface area contributed by atoms with E-state index in [2.05, 4.69) is 5.32 Å². The molecule has 8 heteroatoms. The van der Waals surface area contributed by atoms with E-state index in [-0.39, 0.29) is 5.75 Å². The molecule has 0 radical (unpaired) electrons. The maximum atomic E-state index is 11.5. The Labute approximate surface area is 110 Å². The molecule has 0 fully saturated rings. The van der Waals surface area contributed by atoms with Gasteiger partial charge in [-0.15, -0.1) is 0 Å². The van der Waals surface area contributed by atoms with Crippen molar-refractivity contribution in [1.29, 1.82) is 0 Å². The summed E-state index contributed by atoms with van der Waals surface area (Å²) in [7, 11) is -3.60. The number of carboxylic acids is 1. The van der Waals surface area contributed by atoms with Crippen LogP contribution in [0.5, 0.6) is 0 Å². The number of nitrogens with one attached hydrogen (secondary N) is 1. The van der Waals surface area contributed by atoms with Crippen LogP contribution in [0.15, 0.2) is 24.3 Å². The van der Waals surface area contributed by atoms with Crippen molar-refractivity contribution < 1.29 is 23.1 Å². The molecule has 0 aliphatic heterocycles. The maximum absolute atomic E-state index is 11.5. The Morgan fingerprint density at radius 2 is 1.84 bits per heavy atom. The first-order valence-corrected chi connectivity index (χ1v) is 7.03. The predicted octanol–water partition coefficient (Wildman–Crippen LogP) is 0.134. The number of rotatable bonds is 5. The molecule has 1 aromatic carbocycles. The molecule has 1 amide bonds. The van der Waals surface area contributed by atoms with Crippen molar-refractivity contribution >= 4 is 27.6 Å². The molecule has 0 saturated heterocycles. The highest BCUT2D eigenvalue weighted by Gasteiger charge is 2.20. The number of aliphatic carboxylic acids is 1. The van der Waals surface area contributed by atoms with Gasteiger partial charge in [-0.05, 0) is 24.6 Å². The van der Waals surface area contributed by atoms with Crippen LogP contribution in [0.2, 0.25) is 0 Å². The average Bonchev–Trinajstić information content (AvgIpc) is 2.28. The molecule has 0 saturated carbocycles. The number of carbonyl (C=O) groups is 2. The monoisotopic (exact) mass is 286 g/mol. The van der Waals surface area contributed by atoms with Gasteiger partial charge in [-0.25, -0.2) is 13.6 Å². The lowest BCUT2D eigenvalue weighted by Crippen LogP contribution is -2.26. The number of hydrogen-bond acceptors (Lipinski definition) is 4. The molecular formula is C11H14N2O5S. The number of benzene rings is 1. The summed E-state index contributed by atoms with van der Waals surface area (Å²) in [6.07, 6.45) is 0. The minimum Gasteiger partial charge on any atom is -0.481 e. The van der Waals surface area contributed by atoms with Crippen molar-refractivity contribution in [3.05, 3.63) is 29.8 Å². The van der Waals surface area contributed by atoms with Gasteiger partial charge in [0, 0.05) is 5.69 Å². The minimum atomic E-state index is -3.60. The molecule has 1 aromatic rings. The summed E-state index contributed by atoms with van der Waals surface area (Å²) >= 11 is 0. The SMILES string of the molecule is CC(C(=O)O)C(=O)Nc1ccc(CS(N)(=O)=O)cc1. The molecular weight excluding hydrogens is 272 g/mol. The Bertz CT molecular complexity index is 580. The van der Waals surface area contributed by atoms with E-state index in [9.17, 15) is 18.0 Å². The standard InChI is InChI=1S/C11H14N2O5S/c1-7(11(15)16)10(14)13-9-4-2-8(3-5-9)6-19(12,17)18/h2-5,7H,6H2,1H3,(H,13,14)(H,15,16)(H2,12,17,18). The van der Waals surface area contributed by atoms with Crippen LogP contribution in [0.1, 0.15) is 12.5 Å². The molecule has 0 aliphatic rings. The predicted molar refractivity (Wildman–Crippen MR) is 68.7 cm³/mol. The number of carbonyl (C=O) groups excluding carboxylic acids is 1. The Balaban J connectivity index is 2.72. The third kappa shape index (κ3) is 5.06. The smallest absolute Gasteiger partial charge is 0.315 e. The number of carboxylic acid groups (broad SMARTS) is 1. The highest BCUT2D eigenvalue weighted by atomic mass is 32.2. The fourth-order valence-electron chi connectivity index (χ4n) is 1.28. The van der Waals surface area contributed by atoms with Gasteiger partial charge in [-0.1, -0.05) is 12.1 Å². The molecule has 7 nitrogen and oxygen atoms in total. The van der Waals surface area contributed by atoms with Crippen LogP contribution < -0.4 is 10.5 Å². The molecule has 0 bridgehead atoms. The van der Waals surface area contributed by atoms with E-state index in [0.29, 0.717) is 11.3 Å². The van der Waals surface area contributed by atoms with Crippen LogP contribution >= 0.6 is 0 Å². The third-order valence-corrected chi connectivity index (χ3v) is 3.09. The molecule has 19 heavy (non-hydrogen) atoms. The topological polar surface area (TPSA) is 127 Å². The Kier molecular flexibility index (Phi) is 4.62. The van der Waals surface area contributed by atoms with Crippen molar-refractivity contribution in [3.63, 3.8) is 0 Å². The molecule has 4 N–H and O–H groups in total. The second-order valence-electron chi connectivity index (χ2n) is 4.05. The summed E-state index contributed by atoms with van der Waals surface area (Å²) in [6.45, 7) is 1.27. The van der Waals surface area contributed by atoms with E-state index < -0.39 is 27.8 Å². The molecule has 0 heterocycles. The van der Waals surface area contributed by atoms with Crippen molar-refractivity contribution in [2.45, 2.75) is 12.7 Å². The Hall–Kier alpha value is -1.93. The van der Waals surface area contributed by atoms with Gasteiger partial charge in [0.1, 0.15) is 5.92 Å². The van der Waals surface area contributed by atoms with Crippen molar-refractivity contribution in [2.75, 3.05) is 5.32 Å². The van der Waals surface area contributed by atoms with Crippen LogP contribution in [-0.2, 0) is 25.4 Å². The van der Waals surface area contributed by atoms with Gasteiger partial charge in [0.05, 0.1) is 5.75 Å². The molecule has 1 unspecified atom stereocenters. The average molecular weight is 286 g/mol. The first kappa shape index (κ1) is 15.1. The van der Waals surface area contributed by atoms with E-state index in [1.165, 1.54) is 31.2 Å². The number of sulfonamides is 1. The lowest BCUT2D eigenvalue weighted by molar-refractivity contribution is -0.144. The maximum Gasteiger partial charge on any atom is 0.315 e. The minimum absolute atomic E-state index is 0.299. The fourth-order valence-corrected chi connectivity index (χ4v) is 1.94. The number of nitrogens with two attached hydrogens (primary N) is 1. The summed E-state index contributed by atoms with van der Waals surface area (Å²) in [5.74, 6) is -3.33. The third-order valence-electron chi connectivity index (χ3n) is 2.35. The van der Waals surface area contributed by atoms with Crippen LogP contribution in [0.4, 0.5) is 5.69 Å². The van der Waals surface area contributed by atoms with E-state index in [0.717, 1.165) is 0 Å². The molecule has 0 aliphatic carbocycles. The van der Waals surface area contributed by atoms with Gasteiger partial charge >= 0.3 is 5.97 Å². The molecule has 1 rings (SSSR count). The lowest BCUT2D eigenvalue weighted by Gasteiger charge is -2.08.